The van der Waals surface area contributed by atoms with E-state index in [0.29, 0.717) is 11.3 Å². The van der Waals surface area contributed by atoms with E-state index in [1.165, 1.54) is 10.5 Å². The number of anilines is 1. The van der Waals surface area contributed by atoms with Crippen molar-refractivity contribution >= 4 is 29.3 Å². The van der Waals surface area contributed by atoms with Gasteiger partial charge in [-0.2, -0.15) is 0 Å². The summed E-state index contributed by atoms with van der Waals surface area (Å²) in [4.78, 5) is 24.4. The molecule has 0 aliphatic carbocycles. The number of hydrogen-bond acceptors (Lipinski definition) is 3. The lowest BCUT2D eigenvalue weighted by atomic mass is 10.1. The van der Waals surface area contributed by atoms with Gasteiger partial charge in [0.05, 0.1) is 5.25 Å². The van der Waals surface area contributed by atoms with Crippen molar-refractivity contribution in [3.8, 4) is 0 Å². The molecule has 0 saturated carbocycles. The average Bonchev–Trinajstić information content (AvgIpc) is 2.92. The fourth-order valence-electron chi connectivity index (χ4n) is 2.27. The third-order valence-electron chi connectivity index (χ3n) is 3.38. The predicted molar refractivity (Wildman–Crippen MR) is 83.4 cm³/mol. The van der Waals surface area contributed by atoms with Gasteiger partial charge >= 0.3 is 0 Å². The van der Waals surface area contributed by atoms with Crippen molar-refractivity contribution in [1.29, 1.82) is 0 Å². The van der Waals surface area contributed by atoms with Crippen molar-refractivity contribution in [1.82, 2.24) is 0 Å². The maximum Gasteiger partial charge on any atom is 0.248 e. The second-order valence-corrected chi connectivity index (χ2v) is 6.09. The number of hydrogen-bond donors (Lipinski definition) is 2. The van der Waals surface area contributed by atoms with E-state index in [9.17, 15) is 9.59 Å². The molecular weight excluding hydrogens is 284 g/mol. The summed E-state index contributed by atoms with van der Waals surface area (Å²) in [5.41, 5.74) is 7.49. The number of fused-ring (bicyclic) bond motifs is 1. The Balaban J connectivity index is 1.66. The van der Waals surface area contributed by atoms with Gasteiger partial charge in [0.25, 0.3) is 0 Å². The van der Waals surface area contributed by atoms with Gasteiger partial charge in [0.15, 0.2) is 0 Å². The van der Waals surface area contributed by atoms with Crippen LogP contribution < -0.4 is 11.1 Å². The fraction of sp³-hybridized carbons (Fsp3) is 0.125. The lowest BCUT2D eigenvalue weighted by Crippen LogP contribution is -2.24. The van der Waals surface area contributed by atoms with E-state index in [4.69, 9.17) is 5.73 Å². The van der Waals surface area contributed by atoms with Crippen LogP contribution in [0.2, 0.25) is 0 Å². The van der Waals surface area contributed by atoms with Crippen LogP contribution in [-0.2, 0) is 11.2 Å². The van der Waals surface area contributed by atoms with Gasteiger partial charge in [-0.25, -0.2) is 0 Å². The smallest absolute Gasteiger partial charge is 0.248 e. The third-order valence-corrected chi connectivity index (χ3v) is 4.69. The highest BCUT2D eigenvalue weighted by molar-refractivity contribution is 8.01. The van der Waals surface area contributed by atoms with Crippen LogP contribution in [0.1, 0.15) is 15.9 Å². The topological polar surface area (TPSA) is 72.2 Å². The minimum absolute atomic E-state index is 0.0250. The van der Waals surface area contributed by atoms with Crippen LogP contribution in [0.3, 0.4) is 0 Å². The SMILES string of the molecule is NC(=O)c1ccc(NC(=O)[C@@H]2Cc3ccccc3S2)cc1. The zero-order chi connectivity index (χ0) is 14.8. The van der Waals surface area contributed by atoms with Crippen LogP contribution >= 0.6 is 11.8 Å². The van der Waals surface area contributed by atoms with Gasteiger partial charge in [-0.15, -0.1) is 11.8 Å². The summed E-state index contributed by atoms with van der Waals surface area (Å²) in [5, 5.41) is 2.76. The van der Waals surface area contributed by atoms with Crippen LogP contribution in [0.5, 0.6) is 0 Å². The van der Waals surface area contributed by atoms with E-state index in [-0.39, 0.29) is 11.2 Å². The van der Waals surface area contributed by atoms with E-state index in [1.807, 2.05) is 18.2 Å². The first-order chi connectivity index (χ1) is 10.1. The average molecular weight is 298 g/mol. The molecule has 3 rings (SSSR count). The molecule has 0 aromatic heterocycles. The summed E-state index contributed by atoms with van der Waals surface area (Å²) in [5.74, 6) is -0.502. The molecule has 0 unspecified atom stereocenters. The maximum absolute atomic E-state index is 12.3. The Labute approximate surface area is 126 Å². The van der Waals surface area contributed by atoms with Gasteiger partial charge in [-0.1, -0.05) is 18.2 Å². The molecule has 2 aromatic rings. The summed E-state index contributed by atoms with van der Waals surface area (Å²) in [7, 11) is 0. The van der Waals surface area contributed by atoms with Gasteiger partial charge in [0, 0.05) is 16.1 Å². The molecule has 1 aliphatic rings. The van der Waals surface area contributed by atoms with Crippen molar-refractivity contribution in [3.05, 3.63) is 59.7 Å². The standard InChI is InChI=1S/C16H14N2O2S/c17-15(19)10-5-7-12(8-6-10)18-16(20)14-9-11-3-1-2-4-13(11)21-14/h1-8,14H,9H2,(H2,17,19)(H,18,20)/t14-/m0/s1. The number of thioether (sulfide) groups is 1. The van der Waals surface area contributed by atoms with Crippen molar-refractivity contribution in [2.75, 3.05) is 5.32 Å². The molecule has 4 nitrogen and oxygen atoms in total. The molecule has 21 heavy (non-hydrogen) atoms. The molecule has 0 bridgehead atoms. The molecular formula is C16H14N2O2S. The van der Waals surface area contributed by atoms with Crippen molar-refractivity contribution < 1.29 is 9.59 Å². The summed E-state index contributed by atoms with van der Waals surface area (Å²) < 4.78 is 0. The molecule has 0 saturated heterocycles. The van der Waals surface area contributed by atoms with E-state index >= 15 is 0 Å². The van der Waals surface area contributed by atoms with Gasteiger partial charge in [0.2, 0.25) is 11.8 Å². The second kappa shape index (κ2) is 5.61. The molecule has 0 spiro atoms. The Morgan fingerprint density at radius 2 is 1.81 bits per heavy atom. The molecule has 5 heteroatoms. The maximum atomic E-state index is 12.3. The molecule has 2 amide bonds. The van der Waals surface area contributed by atoms with Gasteiger partial charge in [-0.3, -0.25) is 9.59 Å². The summed E-state index contributed by atoms with van der Waals surface area (Å²) in [6.45, 7) is 0. The van der Waals surface area contributed by atoms with Crippen molar-refractivity contribution in [2.45, 2.75) is 16.6 Å². The van der Waals surface area contributed by atoms with Crippen molar-refractivity contribution in [3.63, 3.8) is 0 Å². The number of benzene rings is 2. The van der Waals surface area contributed by atoms with Gasteiger partial charge in [-0.05, 0) is 42.3 Å². The number of nitrogens with two attached hydrogens (primary N) is 1. The normalized spacial score (nSPS) is 16.3. The van der Waals surface area contributed by atoms with Gasteiger partial charge < -0.3 is 11.1 Å². The lowest BCUT2D eigenvalue weighted by molar-refractivity contribution is -0.115. The highest BCUT2D eigenvalue weighted by Gasteiger charge is 2.27. The highest BCUT2D eigenvalue weighted by Crippen LogP contribution is 2.37. The number of rotatable bonds is 3. The number of nitrogens with one attached hydrogen (secondary N) is 1. The molecule has 0 fully saturated rings. The Morgan fingerprint density at radius 3 is 2.48 bits per heavy atom. The molecule has 106 valence electrons. The molecule has 1 aliphatic heterocycles. The summed E-state index contributed by atoms with van der Waals surface area (Å²) >= 11 is 1.59. The van der Waals surface area contributed by atoms with E-state index < -0.39 is 5.91 Å². The molecule has 1 heterocycles. The predicted octanol–water partition coefficient (Wildman–Crippen LogP) is 2.44. The Hall–Kier alpha value is -2.27. The second-order valence-electron chi connectivity index (χ2n) is 4.85. The minimum Gasteiger partial charge on any atom is -0.366 e. The monoisotopic (exact) mass is 298 g/mol. The van der Waals surface area contributed by atoms with E-state index in [1.54, 1.807) is 36.0 Å². The van der Waals surface area contributed by atoms with Crippen LogP contribution in [0.25, 0.3) is 0 Å². The van der Waals surface area contributed by atoms with Crippen LogP contribution in [-0.4, -0.2) is 17.1 Å². The third kappa shape index (κ3) is 2.92. The first-order valence-corrected chi connectivity index (χ1v) is 7.47. The number of amides is 2. The quantitative estimate of drug-likeness (QED) is 0.914. The van der Waals surface area contributed by atoms with E-state index in [2.05, 4.69) is 11.4 Å². The van der Waals surface area contributed by atoms with Crippen LogP contribution in [0.4, 0.5) is 5.69 Å². The van der Waals surface area contributed by atoms with Crippen molar-refractivity contribution in [2.24, 2.45) is 5.73 Å². The minimum atomic E-state index is -0.477. The van der Waals surface area contributed by atoms with E-state index in [0.717, 1.165) is 6.42 Å². The molecule has 3 N–H and O–H groups in total. The highest BCUT2D eigenvalue weighted by atomic mass is 32.2. The summed E-state index contributed by atoms with van der Waals surface area (Å²) in [6, 6.07) is 14.6. The first kappa shape index (κ1) is 13.7. The molecule has 0 radical (unpaired) electrons. The zero-order valence-corrected chi connectivity index (χ0v) is 12.0. The van der Waals surface area contributed by atoms with Crippen LogP contribution in [0, 0.1) is 0 Å². The number of carbonyl (C=O) groups is 2. The Morgan fingerprint density at radius 1 is 1.10 bits per heavy atom. The molecule has 1 atom stereocenters. The molecule has 2 aromatic carbocycles. The lowest BCUT2D eigenvalue weighted by Gasteiger charge is -2.10. The Bertz CT molecular complexity index is 673. The zero-order valence-electron chi connectivity index (χ0n) is 11.2. The van der Waals surface area contributed by atoms with Crippen LogP contribution in [0.15, 0.2) is 53.4 Å². The summed E-state index contributed by atoms with van der Waals surface area (Å²) in [6.07, 6.45) is 0.742. The van der Waals surface area contributed by atoms with Gasteiger partial charge in [0.1, 0.15) is 0 Å². The fourth-order valence-corrected chi connectivity index (χ4v) is 3.46. The number of primary amides is 1. The largest absolute Gasteiger partial charge is 0.366 e. The number of carbonyl (C=O) groups excluding carboxylic acids is 2. The Kier molecular flexibility index (Phi) is 3.66. The first-order valence-electron chi connectivity index (χ1n) is 6.59.